The lowest BCUT2D eigenvalue weighted by Gasteiger charge is -1.77. The summed E-state index contributed by atoms with van der Waals surface area (Å²) in [6, 6.07) is 0.109. The number of nitrogens with one attached hydrogen (secondary N) is 1. The summed E-state index contributed by atoms with van der Waals surface area (Å²) >= 11 is 0. The highest BCUT2D eigenvalue weighted by molar-refractivity contribution is 5.95. The largest absolute Gasteiger partial charge is 0.304 e. The average Bonchev–Trinajstić information content (AvgIpc) is 2.44. The number of ketones is 1. The highest BCUT2D eigenvalue weighted by Gasteiger charge is 2.25. The van der Waals surface area contributed by atoms with Gasteiger partial charge in [0.1, 0.15) is 0 Å². The van der Waals surface area contributed by atoms with Crippen molar-refractivity contribution >= 4 is 5.78 Å². The molecule has 1 saturated heterocycles. The predicted molar refractivity (Wildman–Crippen MR) is 27.0 cm³/mol. The molecule has 1 aliphatic heterocycles. The van der Waals surface area contributed by atoms with Gasteiger partial charge in [0.15, 0.2) is 5.78 Å². The van der Waals surface area contributed by atoms with E-state index in [9.17, 15) is 4.79 Å². The van der Waals surface area contributed by atoms with Gasteiger partial charge in [-0.15, -0.1) is 0 Å². The number of hydrogen-bond donors (Lipinski definition) is 1. The Bertz CT molecular complexity index is 105. The first-order valence-corrected chi connectivity index (χ1v) is 2.24. The van der Waals surface area contributed by atoms with Gasteiger partial charge in [0.25, 0.3) is 0 Å². The third-order valence-electron chi connectivity index (χ3n) is 0.953. The van der Waals surface area contributed by atoms with Gasteiger partial charge in [-0.05, 0) is 6.08 Å². The van der Waals surface area contributed by atoms with Gasteiger partial charge in [0.2, 0.25) is 0 Å². The molecule has 0 aliphatic carbocycles. The summed E-state index contributed by atoms with van der Waals surface area (Å²) in [6.45, 7) is 4.17. The van der Waals surface area contributed by atoms with Crippen molar-refractivity contribution in [1.82, 2.24) is 5.32 Å². The second kappa shape index (κ2) is 1.46. The average molecular weight is 97.1 g/mol. The Morgan fingerprint density at radius 2 is 2.57 bits per heavy atom. The first kappa shape index (κ1) is 4.53. The molecule has 1 rings (SSSR count). The molecule has 1 unspecified atom stereocenters. The van der Waals surface area contributed by atoms with Crippen LogP contribution in [-0.4, -0.2) is 18.4 Å². The monoisotopic (exact) mass is 97.1 g/mol. The van der Waals surface area contributed by atoms with Crippen LogP contribution in [0.15, 0.2) is 12.7 Å². The molecular weight excluding hydrogens is 90.1 g/mol. The smallest absolute Gasteiger partial charge is 0.173 e. The fourth-order valence-electron chi connectivity index (χ4n) is 0.402. The van der Waals surface area contributed by atoms with Gasteiger partial charge in [0, 0.05) is 6.54 Å². The van der Waals surface area contributed by atoms with Crippen molar-refractivity contribution in [2.75, 3.05) is 6.54 Å². The Morgan fingerprint density at radius 3 is 2.71 bits per heavy atom. The number of hydrogen-bond acceptors (Lipinski definition) is 2. The zero-order chi connectivity index (χ0) is 5.28. The minimum atomic E-state index is 0.109. The predicted octanol–water partition coefficient (Wildman–Crippen LogP) is -0.287. The molecule has 2 nitrogen and oxygen atoms in total. The molecule has 0 saturated carbocycles. The van der Waals surface area contributed by atoms with E-state index in [1.165, 1.54) is 6.08 Å². The van der Waals surface area contributed by atoms with Crippen LogP contribution in [0.4, 0.5) is 0 Å². The third-order valence-corrected chi connectivity index (χ3v) is 0.953. The van der Waals surface area contributed by atoms with Gasteiger partial charge in [-0.2, -0.15) is 0 Å². The van der Waals surface area contributed by atoms with Crippen LogP contribution in [0.2, 0.25) is 0 Å². The Kier molecular flexibility index (Phi) is 0.947. The molecule has 7 heavy (non-hydrogen) atoms. The Hall–Kier alpha value is -0.630. The molecule has 38 valence electrons. The molecule has 0 aromatic rings. The van der Waals surface area contributed by atoms with Crippen LogP contribution < -0.4 is 5.32 Å². The summed E-state index contributed by atoms with van der Waals surface area (Å²) in [5.41, 5.74) is 0. The lowest BCUT2D eigenvalue weighted by molar-refractivity contribution is -0.114. The van der Waals surface area contributed by atoms with Crippen molar-refractivity contribution in [3.63, 3.8) is 0 Å². The maximum absolute atomic E-state index is 10.4. The summed E-state index contributed by atoms with van der Waals surface area (Å²) in [5, 5.41) is 2.86. The van der Waals surface area contributed by atoms with Gasteiger partial charge in [-0.3, -0.25) is 4.79 Å². The zero-order valence-electron chi connectivity index (χ0n) is 3.98. The molecule has 0 spiro atoms. The van der Waals surface area contributed by atoms with Crippen molar-refractivity contribution in [3.05, 3.63) is 12.7 Å². The van der Waals surface area contributed by atoms with E-state index >= 15 is 0 Å². The molecule has 0 radical (unpaired) electrons. The molecule has 0 bridgehead atoms. The second-order valence-corrected chi connectivity index (χ2v) is 1.57. The van der Waals surface area contributed by atoms with Crippen LogP contribution in [0.5, 0.6) is 0 Å². The van der Waals surface area contributed by atoms with Crippen LogP contribution in [0.25, 0.3) is 0 Å². The van der Waals surface area contributed by atoms with Crippen LogP contribution >= 0.6 is 0 Å². The highest BCUT2D eigenvalue weighted by Crippen LogP contribution is 1.97. The first-order valence-electron chi connectivity index (χ1n) is 2.24. The molecule has 0 aromatic heterocycles. The molecule has 1 atom stereocenters. The molecule has 2 heteroatoms. The van der Waals surface area contributed by atoms with E-state index < -0.39 is 0 Å². The van der Waals surface area contributed by atoms with E-state index in [-0.39, 0.29) is 11.8 Å². The molecule has 0 amide bonds. The van der Waals surface area contributed by atoms with E-state index in [1.54, 1.807) is 0 Å². The topological polar surface area (TPSA) is 39.0 Å². The number of carbonyl (C=O) groups is 1. The van der Waals surface area contributed by atoms with Crippen molar-refractivity contribution in [3.8, 4) is 0 Å². The third kappa shape index (κ3) is 0.871. The van der Waals surface area contributed by atoms with Gasteiger partial charge >= 0.3 is 0 Å². The first-order chi connectivity index (χ1) is 3.34. The van der Waals surface area contributed by atoms with Gasteiger partial charge in [-0.1, -0.05) is 6.58 Å². The molecule has 1 N–H and O–H groups in total. The second-order valence-electron chi connectivity index (χ2n) is 1.57. The summed E-state index contributed by atoms with van der Waals surface area (Å²) < 4.78 is 0. The van der Waals surface area contributed by atoms with Crippen LogP contribution in [-0.2, 0) is 4.79 Å². The zero-order valence-corrected chi connectivity index (χ0v) is 3.98. The van der Waals surface area contributed by atoms with E-state index in [0.717, 1.165) is 6.54 Å². The Morgan fingerprint density at radius 1 is 2.00 bits per heavy atom. The van der Waals surface area contributed by atoms with E-state index in [2.05, 4.69) is 11.9 Å². The number of carbonyl (C=O) groups excluding carboxylic acids is 1. The van der Waals surface area contributed by atoms with Crippen molar-refractivity contribution in [2.24, 2.45) is 0 Å². The number of rotatable bonds is 2. The SMILES string of the molecule is C=CC(=O)C1CN1. The summed E-state index contributed by atoms with van der Waals surface area (Å²) in [6.07, 6.45) is 1.35. The fourth-order valence-corrected chi connectivity index (χ4v) is 0.402. The van der Waals surface area contributed by atoms with Gasteiger partial charge in [-0.25, -0.2) is 0 Å². The van der Waals surface area contributed by atoms with E-state index in [4.69, 9.17) is 0 Å². The highest BCUT2D eigenvalue weighted by atomic mass is 16.1. The van der Waals surface area contributed by atoms with Crippen molar-refractivity contribution in [2.45, 2.75) is 6.04 Å². The summed E-state index contributed by atoms with van der Waals surface area (Å²) in [5.74, 6) is 0.111. The Labute approximate surface area is 42.2 Å². The lowest BCUT2D eigenvalue weighted by atomic mass is 10.3. The molecule has 0 aromatic carbocycles. The minimum Gasteiger partial charge on any atom is -0.304 e. The van der Waals surface area contributed by atoms with Crippen molar-refractivity contribution < 1.29 is 4.79 Å². The Balaban J connectivity index is 2.37. The quantitative estimate of drug-likeness (QED) is 0.380. The van der Waals surface area contributed by atoms with E-state index in [1.807, 2.05) is 0 Å². The molecule has 1 heterocycles. The van der Waals surface area contributed by atoms with Crippen LogP contribution in [0.3, 0.4) is 0 Å². The maximum Gasteiger partial charge on any atom is 0.173 e. The minimum absolute atomic E-state index is 0.109. The molecule has 1 aliphatic rings. The maximum atomic E-state index is 10.4. The van der Waals surface area contributed by atoms with Crippen LogP contribution in [0.1, 0.15) is 0 Å². The summed E-state index contributed by atoms with van der Waals surface area (Å²) in [4.78, 5) is 10.4. The molecule has 1 fully saturated rings. The van der Waals surface area contributed by atoms with Crippen LogP contribution in [0, 0.1) is 0 Å². The summed E-state index contributed by atoms with van der Waals surface area (Å²) in [7, 11) is 0. The van der Waals surface area contributed by atoms with Gasteiger partial charge in [0.05, 0.1) is 6.04 Å². The standard InChI is InChI=1S/C5H7NO/c1-2-5(7)4-3-6-4/h2,4,6H,1,3H2. The fraction of sp³-hybridized carbons (Fsp3) is 0.400. The molecular formula is C5H7NO. The normalized spacial score (nSPS) is 26.6. The van der Waals surface area contributed by atoms with Crippen molar-refractivity contribution in [1.29, 1.82) is 0 Å². The lowest BCUT2D eigenvalue weighted by Crippen LogP contribution is -2.03. The van der Waals surface area contributed by atoms with Gasteiger partial charge < -0.3 is 5.32 Å². The van der Waals surface area contributed by atoms with E-state index in [0.29, 0.717) is 0 Å².